The summed E-state index contributed by atoms with van der Waals surface area (Å²) in [5, 5.41) is 14.0. The zero-order valence-electron chi connectivity index (χ0n) is 9.63. The average Bonchev–Trinajstić information content (AvgIpc) is 2.81. The maximum absolute atomic E-state index is 11.1. The van der Waals surface area contributed by atoms with E-state index in [0.29, 0.717) is 5.69 Å². The van der Waals surface area contributed by atoms with Gasteiger partial charge in [0.2, 0.25) is 5.91 Å². The minimum absolute atomic E-state index is 0.0492. The quantitative estimate of drug-likeness (QED) is 0.481. The fourth-order valence-corrected chi connectivity index (χ4v) is 1.92. The van der Waals surface area contributed by atoms with Crippen molar-refractivity contribution in [2.75, 3.05) is 5.32 Å². The van der Waals surface area contributed by atoms with Crippen molar-refractivity contribution in [3.63, 3.8) is 0 Å². The van der Waals surface area contributed by atoms with Gasteiger partial charge in [0.15, 0.2) is 0 Å². The molecule has 6 nitrogen and oxygen atoms in total. The third-order valence-corrected chi connectivity index (χ3v) is 2.85. The van der Waals surface area contributed by atoms with Gasteiger partial charge in [0.05, 0.1) is 4.92 Å². The number of nitro groups is 1. The lowest BCUT2D eigenvalue weighted by atomic mass is 10.1. The topological polar surface area (TPSA) is 98.3 Å². The van der Waals surface area contributed by atoms with Crippen molar-refractivity contribution in [2.24, 2.45) is 5.73 Å². The van der Waals surface area contributed by atoms with Gasteiger partial charge < -0.3 is 11.1 Å². The summed E-state index contributed by atoms with van der Waals surface area (Å²) < 4.78 is 0. The molecular weight excluding hydrogens is 234 g/mol. The third-order valence-electron chi connectivity index (χ3n) is 2.85. The number of nitrogens with zero attached hydrogens (tertiary/aromatic N) is 1. The molecule has 0 unspecified atom stereocenters. The zero-order valence-corrected chi connectivity index (χ0v) is 9.63. The molecule has 0 saturated carbocycles. The summed E-state index contributed by atoms with van der Waals surface area (Å²) in [6, 6.07) is 4.22. The predicted octanol–water partition coefficient (Wildman–Crippen LogP) is 1.82. The minimum Gasteiger partial charge on any atom is -0.376 e. The van der Waals surface area contributed by atoms with Gasteiger partial charge in [0, 0.05) is 17.7 Å². The lowest BCUT2D eigenvalue weighted by molar-refractivity contribution is -0.384. The third kappa shape index (κ3) is 2.48. The van der Waals surface area contributed by atoms with E-state index in [9.17, 15) is 14.9 Å². The smallest absolute Gasteiger partial charge is 0.292 e. The van der Waals surface area contributed by atoms with E-state index in [-0.39, 0.29) is 17.3 Å². The number of amides is 1. The molecule has 2 rings (SSSR count). The molecule has 1 aliphatic carbocycles. The molecule has 0 heterocycles. The lowest BCUT2D eigenvalue weighted by Gasteiger charge is -2.14. The summed E-state index contributed by atoms with van der Waals surface area (Å²) in [7, 11) is 0. The monoisotopic (exact) mass is 247 g/mol. The Labute approximate surface area is 104 Å². The average molecular weight is 247 g/mol. The van der Waals surface area contributed by atoms with Crippen molar-refractivity contribution < 1.29 is 9.72 Å². The van der Waals surface area contributed by atoms with Crippen LogP contribution in [0.15, 0.2) is 30.4 Å². The van der Waals surface area contributed by atoms with E-state index in [1.807, 2.05) is 12.2 Å². The Morgan fingerprint density at radius 1 is 1.39 bits per heavy atom. The fraction of sp³-hybridized carbons (Fsp3) is 0.250. The van der Waals surface area contributed by atoms with Crippen LogP contribution in [-0.4, -0.2) is 16.9 Å². The minimum atomic E-state index is -0.600. The van der Waals surface area contributed by atoms with Gasteiger partial charge in [-0.05, 0) is 25.0 Å². The van der Waals surface area contributed by atoms with Gasteiger partial charge in [0.1, 0.15) is 5.69 Å². The van der Waals surface area contributed by atoms with E-state index < -0.39 is 10.8 Å². The van der Waals surface area contributed by atoms with Crippen LogP contribution in [0.5, 0.6) is 0 Å². The molecule has 0 aliphatic heterocycles. The van der Waals surface area contributed by atoms with Gasteiger partial charge in [-0.3, -0.25) is 14.9 Å². The standard InChI is InChI=1S/C12H13N3O3/c13-12(16)8-5-6-11(15(17)18)10(7-8)14-9-3-1-2-4-9/h1-2,5-7,9,14H,3-4H2,(H2,13,16). The van der Waals surface area contributed by atoms with E-state index in [1.54, 1.807) is 0 Å². The largest absolute Gasteiger partial charge is 0.376 e. The van der Waals surface area contributed by atoms with Gasteiger partial charge in [-0.2, -0.15) is 0 Å². The highest BCUT2D eigenvalue weighted by molar-refractivity contribution is 5.94. The Kier molecular flexibility index (Phi) is 3.27. The molecule has 94 valence electrons. The zero-order chi connectivity index (χ0) is 13.1. The van der Waals surface area contributed by atoms with E-state index in [1.165, 1.54) is 18.2 Å². The van der Waals surface area contributed by atoms with E-state index in [4.69, 9.17) is 5.73 Å². The maximum Gasteiger partial charge on any atom is 0.292 e. The second kappa shape index (κ2) is 4.87. The van der Waals surface area contributed by atoms with Crippen LogP contribution in [0, 0.1) is 10.1 Å². The maximum atomic E-state index is 11.1. The van der Waals surface area contributed by atoms with E-state index in [2.05, 4.69) is 5.32 Å². The molecule has 1 amide bonds. The van der Waals surface area contributed by atoms with Gasteiger partial charge in [-0.1, -0.05) is 12.2 Å². The number of benzene rings is 1. The SMILES string of the molecule is NC(=O)c1ccc([N+](=O)[O-])c(NC2CC=CC2)c1. The van der Waals surface area contributed by atoms with Crippen LogP contribution in [0.25, 0.3) is 0 Å². The number of carbonyl (C=O) groups is 1. The van der Waals surface area contributed by atoms with Crippen molar-refractivity contribution >= 4 is 17.3 Å². The Hall–Kier alpha value is -2.37. The van der Waals surface area contributed by atoms with Crippen molar-refractivity contribution in [3.8, 4) is 0 Å². The normalized spacial score (nSPS) is 14.7. The molecule has 1 aromatic rings. The second-order valence-corrected chi connectivity index (χ2v) is 4.14. The first-order chi connectivity index (χ1) is 8.58. The highest BCUT2D eigenvalue weighted by Gasteiger charge is 2.19. The summed E-state index contributed by atoms with van der Waals surface area (Å²) in [4.78, 5) is 21.5. The predicted molar refractivity (Wildman–Crippen MR) is 67.4 cm³/mol. The van der Waals surface area contributed by atoms with Gasteiger partial charge in [-0.15, -0.1) is 0 Å². The Bertz CT molecular complexity index is 517. The molecule has 0 fully saturated rings. The summed E-state index contributed by atoms with van der Waals surface area (Å²) in [5.41, 5.74) is 5.72. The van der Waals surface area contributed by atoms with Crippen LogP contribution < -0.4 is 11.1 Å². The van der Waals surface area contributed by atoms with Crippen molar-refractivity contribution in [1.29, 1.82) is 0 Å². The number of carbonyl (C=O) groups excluding carboxylic acids is 1. The second-order valence-electron chi connectivity index (χ2n) is 4.14. The fourth-order valence-electron chi connectivity index (χ4n) is 1.92. The molecular formula is C12H13N3O3. The van der Waals surface area contributed by atoms with E-state index in [0.717, 1.165) is 12.8 Å². The molecule has 1 aromatic carbocycles. The van der Waals surface area contributed by atoms with Crippen LogP contribution in [0.2, 0.25) is 0 Å². The number of nitro benzene ring substituents is 1. The molecule has 3 N–H and O–H groups in total. The summed E-state index contributed by atoms with van der Waals surface area (Å²) >= 11 is 0. The Balaban J connectivity index is 2.30. The Morgan fingerprint density at radius 2 is 2.06 bits per heavy atom. The van der Waals surface area contributed by atoms with Crippen molar-refractivity contribution in [1.82, 2.24) is 0 Å². The number of primary amides is 1. The van der Waals surface area contributed by atoms with Gasteiger partial charge in [0.25, 0.3) is 5.69 Å². The van der Waals surface area contributed by atoms with Crippen LogP contribution in [0.3, 0.4) is 0 Å². The Morgan fingerprint density at radius 3 is 2.61 bits per heavy atom. The number of nitrogens with one attached hydrogen (secondary N) is 1. The lowest BCUT2D eigenvalue weighted by Crippen LogP contribution is -2.17. The molecule has 0 saturated heterocycles. The van der Waals surface area contributed by atoms with Crippen molar-refractivity contribution in [2.45, 2.75) is 18.9 Å². The highest BCUT2D eigenvalue weighted by Crippen LogP contribution is 2.28. The first-order valence-corrected chi connectivity index (χ1v) is 5.57. The van der Waals surface area contributed by atoms with Crippen LogP contribution in [0.1, 0.15) is 23.2 Å². The molecule has 6 heteroatoms. The summed E-state index contributed by atoms with van der Waals surface area (Å²) in [6.07, 6.45) is 5.67. The molecule has 0 atom stereocenters. The summed E-state index contributed by atoms with van der Waals surface area (Å²) in [6.45, 7) is 0. The summed E-state index contributed by atoms with van der Waals surface area (Å²) in [5.74, 6) is -0.600. The first kappa shape index (κ1) is 12.1. The molecule has 0 radical (unpaired) electrons. The number of rotatable bonds is 4. The molecule has 0 spiro atoms. The molecule has 0 aromatic heterocycles. The molecule has 18 heavy (non-hydrogen) atoms. The van der Waals surface area contributed by atoms with Gasteiger partial charge in [-0.25, -0.2) is 0 Å². The molecule has 1 aliphatic rings. The van der Waals surface area contributed by atoms with Crippen molar-refractivity contribution in [3.05, 3.63) is 46.0 Å². The van der Waals surface area contributed by atoms with E-state index >= 15 is 0 Å². The number of nitrogens with two attached hydrogens (primary N) is 1. The van der Waals surface area contributed by atoms with Crippen LogP contribution >= 0.6 is 0 Å². The number of hydrogen-bond donors (Lipinski definition) is 2. The van der Waals surface area contributed by atoms with Crippen LogP contribution in [-0.2, 0) is 0 Å². The van der Waals surface area contributed by atoms with Gasteiger partial charge >= 0.3 is 0 Å². The van der Waals surface area contributed by atoms with Crippen LogP contribution in [0.4, 0.5) is 11.4 Å². The highest BCUT2D eigenvalue weighted by atomic mass is 16.6. The number of anilines is 1. The number of hydrogen-bond acceptors (Lipinski definition) is 4. The first-order valence-electron chi connectivity index (χ1n) is 5.57. The molecule has 0 bridgehead atoms.